The molecule has 0 aromatic heterocycles. The molecule has 20 heavy (non-hydrogen) atoms. The van der Waals surface area contributed by atoms with Crippen LogP contribution in [0.15, 0.2) is 17.0 Å². The smallest absolute Gasteiger partial charge is 0.246 e. The lowest BCUT2D eigenvalue weighted by molar-refractivity contribution is 0.396. The van der Waals surface area contributed by atoms with Crippen LogP contribution in [0.1, 0.15) is 32.6 Å². The topological polar surface area (TPSA) is 63.4 Å². The number of hydrogen-bond acceptors (Lipinski definition) is 3. The molecular weight excluding hydrogens is 319 g/mol. The lowest BCUT2D eigenvalue weighted by Crippen LogP contribution is -2.34. The molecule has 0 atom stereocenters. The zero-order valence-electron chi connectivity index (χ0n) is 11.3. The van der Waals surface area contributed by atoms with Gasteiger partial charge in [-0.25, -0.2) is 8.42 Å². The molecule has 112 valence electrons. The number of nitrogens with two attached hydrogens (primary N) is 1. The van der Waals surface area contributed by atoms with E-state index in [9.17, 15) is 8.42 Å². The first-order valence-corrected chi connectivity index (χ1v) is 8.84. The number of rotatable bonds is 6. The van der Waals surface area contributed by atoms with Crippen molar-refractivity contribution in [2.75, 3.05) is 12.3 Å². The van der Waals surface area contributed by atoms with Gasteiger partial charge in [-0.1, -0.05) is 36.5 Å². The molecule has 1 saturated carbocycles. The van der Waals surface area contributed by atoms with Gasteiger partial charge in [0.1, 0.15) is 4.90 Å². The van der Waals surface area contributed by atoms with Crippen molar-refractivity contribution in [1.82, 2.24) is 4.31 Å². The van der Waals surface area contributed by atoms with Crippen molar-refractivity contribution in [1.29, 1.82) is 0 Å². The average Bonchev–Trinajstić information content (AvgIpc) is 3.11. The molecule has 1 aliphatic rings. The van der Waals surface area contributed by atoms with Gasteiger partial charge in [-0.3, -0.25) is 0 Å². The van der Waals surface area contributed by atoms with Gasteiger partial charge >= 0.3 is 0 Å². The van der Waals surface area contributed by atoms with E-state index in [1.807, 2.05) is 6.92 Å². The van der Waals surface area contributed by atoms with Crippen molar-refractivity contribution in [3.8, 4) is 0 Å². The highest BCUT2D eigenvalue weighted by molar-refractivity contribution is 7.89. The number of anilines is 1. The first-order valence-electron chi connectivity index (χ1n) is 6.64. The third-order valence-corrected chi connectivity index (χ3v) is 5.99. The monoisotopic (exact) mass is 336 g/mol. The molecule has 2 rings (SSSR count). The molecule has 0 bridgehead atoms. The maximum Gasteiger partial charge on any atom is 0.246 e. The Morgan fingerprint density at radius 3 is 2.50 bits per heavy atom. The quantitative estimate of drug-likeness (QED) is 0.808. The minimum atomic E-state index is -3.67. The summed E-state index contributed by atoms with van der Waals surface area (Å²) in [7, 11) is -3.67. The van der Waals surface area contributed by atoms with Crippen LogP contribution in [0, 0.1) is 0 Å². The Bertz CT molecular complexity index is 577. The van der Waals surface area contributed by atoms with Gasteiger partial charge in [-0.2, -0.15) is 4.31 Å². The number of halogens is 2. The summed E-state index contributed by atoms with van der Waals surface area (Å²) in [5.74, 6) is 0. The van der Waals surface area contributed by atoms with Crippen LogP contribution in [0.5, 0.6) is 0 Å². The molecule has 7 heteroatoms. The van der Waals surface area contributed by atoms with Crippen LogP contribution < -0.4 is 5.73 Å². The summed E-state index contributed by atoms with van der Waals surface area (Å²) in [6.45, 7) is 2.53. The number of unbranched alkanes of at least 4 members (excludes halogenated alkanes) is 1. The summed E-state index contributed by atoms with van der Waals surface area (Å²) in [6.07, 6.45) is 3.55. The highest BCUT2D eigenvalue weighted by Crippen LogP contribution is 2.38. The Balaban J connectivity index is 2.42. The predicted octanol–water partition coefficient (Wildman–Crippen LogP) is 3.53. The molecule has 0 saturated heterocycles. The fourth-order valence-corrected chi connectivity index (χ4v) is 4.82. The number of sulfonamides is 1. The summed E-state index contributed by atoms with van der Waals surface area (Å²) in [4.78, 5) is -0.0217. The van der Waals surface area contributed by atoms with Gasteiger partial charge < -0.3 is 5.73 Å². The molecule has 0 spiro atoms. The maximum absolute atomic E-state index is 12.8. The van der Waals surface area contributed by atoms with Gasteiger partial charge in [0.2, 0.25) is 10.0 Å². The van der Waals surface area contributed by atoms with Gasteiger partial charge in [-0.05, 0) is 31.4 Å². The second-order valence-electron chi connectivity index (χ2n) is 5.01. The van der Waals surface area contributed by atoms with Crippen molar-refractivity contribution in [2.45, 2.75) is 43.5 Å². The Morgan fingerprint density at radius 2 is 2.00 bits per heavy atom. The van der Waals surface area contributed by atoms with Gasteiger partial charge in [0, 0.05) is 17.6 Å². The van der Waals surface area contributed by atoms with Crippen LogP contribution in [0.25, 0.3) is 0 Å². The van der Waals surface area contributed by atoms with Crippen molar-refractivity contribution >= 4 is 38.9 Å². The van der Waals surface area contributed by atoms with E-state index in [1.54, 1.807) is 0 Å². The fourth-order valence-electron chi connectivity index (χ4n) is 2.15. The molecule has 0 amide bonds. The van der Waals surface area contributed by atoms with Crippen molar-refractivity contribution in [2.24, 2.45) is 0 Å². The highest BCUT2D eigenvalue weighted by atomic mass is 35.5. The van der Waals surface area contributed by atoms with E-state index in [0.717, 1.165) is 25.7 Å². The Morgan fingerprint density at radius 1 is 1.35 bits per heavy atom. The Labute approximate surface area is 129 Å². The van der Waals surface area contributed by atoms with Crippen LogP contribution in [0.3, 0.4) is 0 Å². The number of hydrogen-bond donors (Lipinski definition) is 1. The third-order valence-electron chi connectivity index (χ3n) is 3.29. The standard InChI is InChI=1S/C13H18Cl2N2O2S/c1-2-3-6-17(10-4-5-10)20(18,19)13-11(15)7-9(14)8-12(13)16/h7-8,10H,2-6,16H2,1H3. The lowest BCUT2D eigenvalue weighted by atomic mass is 10.3. The van der Waals surface area contributed by atoms with E-state index in [-0.39, 0.29) is 21.6 Å². The van der Waals surface area contributed by atoms with Crippen molar-refractivity contribution in [3.63, 3.8) is 0 Å². The largest absolute Gasteiger partial charge is 0.398 e. The van der Waals surface area contributed by atoms with E-state index < -0.39 is 10.0 Å². The number of nitrogen functional groups attached to an aromatic ring is 1. The number of benzene rings is 1. The highest BCUT2D eigenvalue weighted by Gasteiger charge is 2.39. The van der Waals surface area contributed by atoms with Crippen LogP contribution in [0.4, 0.5) is 5.69 Å². The molecule has 0 heterocycles. The molecule has 1 aliphatic carbocycles. The molecule has 1 aromatic rings. The van der Waals surface area contributed by atoms with E-state index in [4.69, 9.17) is 28.9 Å². The van der Waals surface area contributed by atoms with E-state index in [2.05, 4.69) is 0 Å². The van der Waals surface area contributed by atoms with E-state index >= 15 is 0 Å². The summed E-state index contributed by atoms with van der Waals surface area (Å²) < 4.78 is 27.1. The summed E-state index contributed by atoms with van der Waals surface area (Å²) >= 11 is 11.9. The van der Waals surface area contributed by atoms with Gasteiger partial charge in [-0.15, -0.1) is 0 Å². The lowest BCUT2D eigenvalue weighted by Gasteiger charge is -2.23. The molecule has 2 N–H and O–H groups in total. The normalized spacial score (nSPS) is 15.8. The third kappa shape index (κ3) is 3.22. The molecule has 0 aliphatic heterocycles. The molecule has 1 aromatic carbocycles. The Kier molecular flexibility index (Phi) is 4.84. The summed E-state index contributed by atoms with van der Waals surface area (Å²) in [5.41, 5.74) is 5.92. The van der Waals surface area contributed by atoms with Crippen LogP contribution >= 0.6 is 23.2 Å². The molecule has 0 unspecified atom stereocenters. The summed E-state index contributed by atoms with van der Waals surface area (Å²) in [5, 5.41) is 0.412. The second-order valence-corrected chi connectivity index (χ2v) is 7.68. The van der Waals surface area contributed by atoms with Crippen molar-refractivity contribution in [3.05, 3.63) is 22.2 Å². The van der Waals surface area contributed by atoms with Crippen LogP contribution in [-0.4, -0.2) is 25.3 Å². The zero-order chi connectivity index (χ0) is 14.9. The van der Waals surface area contributed by atoms with E-state index in [1.165, 1.54) is 16.4 Å². The van der Waals surface area contributed by atoms with E-state index in [0.29, 0.717) is 11.6 Å². The fraction of sp³-hybridized carbons (Fsp3) is 0.538. The van der Waals surface area contributed by atoms with Gasteiger partial charge in [0.05, 0.1) is 10.7 Å². The average molecular weight is 337 g/mol. The molecule has 1 fully saturated rings. The minimum absolute atomic E-state index is 0.0217. The summed E-state index contributed by atoms with van der Waals surface area (Å²) in [6, 6.07) is 2.92. The minimum Gasteiger partial charge on any atom is -0.398 e. The van der Waals surface area contributed by atoms with Gasteiger partial charge in [0.25, 0.3) is 0 Å². The maximum atomic E-state index is 12.8. The first-order chi connectivity index (χ1) is 9.37. The zero-order valence-corrected chi connectivity index (χ0v) is 13.6. The molecule has 4 nitrogen and oxygen atoms in total. The predicted molar refractivity (Wildman–Crippen MR) is 82.7 cm³/mol. The first kappa shape index (κ1) is 15.9. The van der Waals surface area contributed by atoms with Crippen LogP contribution in [0.2, 0.25) is 10.0 Å². The SMILES string of the molecule is CCCCN(C1CC1)S(=O)(=O)c1c(N)cc(Cl)cc1Cl. The second kappa shape index (κ2) is 6.10. The molecular formula is C13H18Cl2N2O2S. The Hall–Kier alpha value is -0.490. The van der Waals surface area contributed by atoms with Gasteiger partial charge in [0.15, 0.2) is 0 Å². The van der Waals surface area contributed by atoms with Crippen molar-refractivity contribution < 1.29 is 8.42 Å². The molecule has 0 radical (unpaired) electrons. The van der Waals surface area contributed by atoms with Crippen LogP contribution in [-0.2, 0) is 10.0 Å². The number of nitrogens with zero attached hydrogens (tertiary/aromatic N) is 1.